The summed E-state index contributed by atoms with van der Waals surface area (Å²) in [4.78, 5) is 32.9. The van der Waals surface area contributed by atoms with E-state index in [1.165, 1.54) is 16.2 Å². The average molecular weight is 331 g/mol. The summed E-state index contributed by atoms with van der Waals surface area (Å²) < 4.78 is 4.89. The molecular weight excluding hydrogens is 318 g/mol. The Bertz CT molecular complexity index is 726. The van der Waals surface area contributed by atoms with Gasteiger partial charge in [0.25, 0.3) is 5.91 Å². The van der Waals surface area contributed by atoms with Gasteiger partial charge in [0.1, 0.15) is 17.6 Å². The maximum absolute atomic E-state index is 11.7. The molecule has 0 aliphatic rings. The monoisotopic (exact) mass is 331 g/mol. The van der Waals surface area contributed by atoms with E-state index in [0.717, 1.165) is 0 Å². The van der Waals surface area contributed by atoms with Crippen molar-refractivity contribution in [1.82, 2.24) is 9.97 Å². The van der Waals surface area contributed by atoms with Crippen LogP contribution >= 0.6 is 11.3 Å². The van der Waals surface area contributed by atoms with Crippen LogP contribution in [0.4, 0.5) is 10.9 Å². The first-order valence-corrected chi connectivity index (χ1v) is 7.39. The van der Waals surface area contributed by atoms with E-state index < -0.39 is 18.5 Å². The van der Waals surface area contributed by atoms with E-state index in [1.54, 1.807) is 37.0 Å². The smallest absolute Gasteiger partial charge is 0.326 e. The van der Waals surface area contributed by atoms with Crippen LogP contribution in [0, 0.1) is 11.3 Å². The van der Waals surface area contributed by atoms with E-state index in [4.69, 9.17) is 10.00 Å². The molecule has 2 aromatic rings. The first-order valence-electron chi connectivity index (χ1n) is 6.51. The van der Waals surface area contributed by atoms with Crippen LogP contribution in [0.2, 0.25) is 0 Å². The number of hydrogen-bond acceptors (Lipinski definition) is 8. The molecule has 0 atom stereocenters. The number of likely N-dealkylation sites (N-methyl/N-ethyl adjacent to an activating group) is 1. The number of carbonyl (C=O) groups excluding carboxylic acids is 2. The number of nitrogens with zero attached hydrogens (tertiary/aromatic N) is 4. The highest BCUT2D eigenvalue weighted by molar-refractivity contribution is 7.14. The van der Waals surface area contributed by atoms with Gasteiger partial charge in [0.05, 0.1) is 5.56 Å². The quantitative estimate of drug-likeness (QED) is 0.787. The molecule has 118 valence electrons. The van der Waals surface area contributed by atoms with Crippen molar-refractivity contribution in [3.05, 3.63) is 35.5 Å². The number of thiophene rings is 1. The molecule has 1 N–H and O–H groups in total. The lowest BCUT2D eigenvalue weighted by Crippen LogP contribution is -2.30. The van der Waals surface area contributed by atoms with E-state index >= 15 is 0 Å². The van der Waals surface area contributed by atoms with Crippen molar-refractivity contribution in [2.75, 3.05) is 30.4 Å². The topological polar surface area (TPSA) is 108 Å². The van der Waals surface area contributed by atoms with E-state index in [1.807, 2.05) is 6.07 Å². The number of aromatic nitrogens is 2. The van der Waals surface area contributed by atoms with Crippen molar-refractivity contribution in [3.8, 4) is 6.07 Å². The fourth-order valence-electron chi connectivity index (χ4n) is 1.60. The maximum Gasteiger partial charge on any atom is 0.326 e. The molecule has 0 unspecified atom stereocenters. The van der Waals surface area contributed by atoms with Crippen molar-refractivity contribution in [3.63, 3.8) is 0 Å². The number of ether oxygens (including phenoxy) is 1. The molecule has 0 bridgehead atoms. The predicted molar refractivity (Wildman–Crippen MR) is 83.9 cm³/mol. The third-order valence-electron chi connectivity index (χ3n) is 2.66. The Morgan fingerprint density at radius 1 is 1.43 bits per heavy atom. The summed E-state index contributed by atoms with van der Waals surface area (Å²) in [5.41, 5.74) is 0.371. The molecule has 8 nitrogen and oxygen atoms in total. The van der Waals surface area contributed by atoms with E-state index in [0.29, 0.717) is 16.5 Å². The third kappa shape index (κ3) is 4.76. The maximum atomic E-state index is 11.7. The molecule has 2 aromatic heterocycles. The second kappa shape index (κ2) is 7.86. The molecule has 9 heteroatoms. The lowest BCUT2D eigenvalue weighted by molar-refractivity contribution is -0.145. The molecule has 1 amide bonds. The summed E-state index contributed by atoms with van der Waals surface area (Å²) in [5, 5.41) is 13.5. The lowest BCUT2D eigenvalue weighted by atomic mass is 10.3. The van der Waals surface area contributed by atoms with Gasteiger partial charge >= 0.3 is 5.97 Å². The van der Waals surface area contributed by atoms with Crippen molar-refractivity contribution < 1.29 is 14.3 Å². The van der Waals surface area contributed by atoms with Crippen LogP contribution in [0.5, 0.6) is 0 Å². The Kier molecular flexibility index (Phi) is 5.60. The van der Waals surface area contributed by atoms with Gasteiger partial charge in [0.2, 0.25) is 5.95 Å². The van der Waals surface area contributed by atoms with Gasteiger partial charge in [-0.3, -0.25) is 9.59 Å². The Labute approximate surface area is 136 Å². The van der Waals surface area contributed by atoms with Crippen LogP contribution in [0.1, 0.15) is 5.56 Å². The minimum Gasteiger partial charge on any atom is -0.454 e. The number of carbonyl (C=O) groups is 2. The molecule has 2 heterocycles. The van der Waals surface area contributed by atoms with Crippen molar-refractivity contribution in [2.45, 2.75) is 0 Å². The number of amides is 1. The zero-order valence-corrected chi connectivity index (χ0v) is 13.0. The van der Waals surface area contributed by atoms with E-state index in [-0.39, 0.29) is 6.54 Å². The molecule has 0 saturated carbocycles. The highest BCUT2D eigenvalue weighted by Gasteiger charge is 2.13. The zero-order chi connectivity index (χ0) is 16.7. The van der Waals surface area contributed by atoms with E-state index in [2.05, 4.69) is 15.3 Å². The fourth-order valence-corrected chi connectivity index (χ4v) is 2.35. The van der Waals surface area contributed by atoms with Crippen LogP contribution < -0.4 is 10.2 Å². The second-order valence-corrected chi connectivity index (χ2v) is 5.31. The van der Waals surface area contributed by atoms with Gasteiger partial charge in [-0.05, 0) is 17.5 Å². The summed E-state index contributed by atoms with van der Waals surface area (Å²) >= 11 is 1.22. The van der Waals surface area contributed by atoms with Gasteiger partial charge in [-0.25, -0.2) is 9.97 Å². The predicted octanol–water partition coefficient (Wildman–Crippen LogP) is 1.03. The van der Waals surface area contributed by atoms with Gasteiger partial charge in [-0.1, -0.05) is 0 Å². The van der Waals surface area contributed by atoms with E-state index in [9.17, 15) is 9.59 Å². The summed E-state index contributed by atoms with van der Waals surface area (Å²) in [6, 6.07) is 5.22. The highest BCUT2D eigenvalue weighted by atomic mass is 32.1. The SMILES string of the molecule is CN(CC(=O)OCC(=O)Nc1sccc1C#N)c1ncccn1. The second-order valence-electron chi connectivity index (χ2n) is 4.39. The fraction of sp³-hybridized carbons (Fsp3) is 0.214. The average Bonchev–Trinajstić information content (AvgIpc) is 3.01. The number of esters is 1. The lowest BCUT2D eigenvalue weighted by Gasteiger charge is -2.15. The van der Waals surface area contributed by atoms with Crippen LogP contribution in [0.15, 0.2) is 29.9 Å². The summed E-state index contributed by atoms with van der Waals surface area (Å²) in [6.07, 6.45) is 3.12. The third-order valence-corrected chi connectivity index (χ3v) is 3.49. The molecule has 0 spiro atoms. The first-order chi connectivity index (χ1) is 11.1. The molecule has 0 radical (unpaired) electrons. The standard InChI is InChI=1S/C14H13N5O3S/c1-19(14-16-4-2-5-17-14)8-12(21)22-9-11(20)18-13-10(7-15)3-6-23-13/h2-6H,8-9H2,1H3,(H,18,20). The Morgan fingerprint density at radius 2 is 2.17 bits per heavy atom. The normalized spacial score (nSPS) is 9.74. The van der Waals surface area contributed by atoms with Gasteiger partial charge < -0.3 is 15.0 Å². The number of anilines is 2. The van der Waals surface area contributed by atoms with Crippen LogP contribution in [-0.4, -0.2) is 42.0 Å². The summed E-state index contributed by atoms with van der Waals surface area (Å²) in [5.74, 6) is -0.705. The molecule has 23 heavy (non-hydrogen) atoms. The highest BCUT2D eigenvalue weighted by Crippen LogP contribution is 2.21. The molecule has 0 aliphatic heterocycles. The van der Waals surface area contributed by atoms with Gasteiger partial charge in [-0.2, -0.15) is 5.26 Å². The molecule has 0 aromatic carbocycles. The molecular formula is C14H13N5O3S. The summed E-state index contributed by atoms with van der Waals surface area (Å²) in [6.45, 7) is -0.509. The largest absolute Gasteiger partial charge is 0.454 e. The summed E-state index contributed by atoms with van der Waals surface area (Å²) in [7, 11) is 1.64. The number of hydrogen-bond donors (Lipinski definition) is 1. The molecule has 0 aliphatic carbocycles. The van der Waals surface area contributed by atoms with Crippen molar-refractivity contribution in [2.24, 2.45) is 0 Å². The minimum atomic E-state index is -0.582. The zero-order valence-electron chi connectivity index (χ0n) is 12.2. The van der Waals surface area contributed by atoms with Crippen LogP contribution in [-0.2, 0) is 14.3 Å². The van der Waals surface area contributed by atoms with Crippen molar-refractivity contribution in [1.29, 1.82) is 5.26 Å². The Balaban J connectivity index is 1.78. The van der Waals surface area contributed by atoms with Crippen LogP contribution in [0.3, 0.4) is 0 Å². The Hall–Kier alpha value is -2.99. The van der Waals surface area contributed by atoms with Gasteiger partial charge in [0.15, 0.2) is 6.61 Å². The molecule has 0 saturated heterocycles. The first kappa shape index (κ1) is 16.4. The Morgan fingerprint density at radius 3 is 2.87 bits per heavy atom. The number of nitrogens with one attached hydrogen (secondary N) is 1. The van der Waals surface area contributed by atoms with Crippen molar-refractivity contribution >= 4 is 34.2 Å². The minimum absolute atomic E-state index is 0.0836. The number of rotatable bonds is 6. The van der Waals surface area contributed by atoms with Crippen LogP contribution in [0.25, 0.3) is 0 Å². The van der Waals surface area contributed by atoms with Gasteiger partial charge in [-0.15, -0.1) is 11.3 Å². The number of nitriles is 1. The molecule has 2 rings (SSSR count). The van der Waals surface area contributed by atoms with Gasteiger partial charge in [0, 0.05) is 19.4 Å². The molecule has 0 fully saturated rings.